The van der Waals surface area contributed by atoms with Gasteiger partial charge >= 0.3 is 6.03 Å². The Morgan fingerprint density at radius 3 is 2.42 bits per heavy atom. The molecule has 1 saturated heterocycles. The summed E-state index contributed by atoms with van der Waals surface area (Å²) in [6.45, 7) is 2.44. The van der Waals surface area contributed by atoms with Crippen LogP contribution in [0.15, 0.2) is 72.3 Å². The maximum atomic E-state index is 13.3. The molecular weight excluding hydrogens is 508 g/mol. The minimum Gasteiger partial charge on any atom is -0.490 e. The van der Waals surface area contributed by atoms with Crippen molar-refractivity contribution in [3.8, 4) is 29.6 Å². The molecule has 9 heteroatoms. The quantitative estimate of drug-likeness (QED) is 0.238. The number of rotatable bonds is 9. The summed E-state index contributed by atoms with van der Waals surface area (Å²) in [6.07, 6.45) is 6.59. The van der Waals surface area contributed by atoms with Crippen molar-refractivity contribution in [3.63, 3.8) is 0 Å². The first-order chi connectivity index (χ1) is 18.4. The van der Waals surface area contributed by atoms with Crippen molar-refractivity contribution in [1.29, 1.82) is 0 Å². The average Bonchev–Trinajstić information content (AvgIpc) is 2.91. The molecule has 192 valence electrons. The molecule has 0 bridgehead atoms. The highest BCUT2D eigenvalue weighted by atomic mass is 35.5. The van der Waals surface area contributed by atoms with Gasteiger partial charge in [0.2, 0.25) is 0 Å². The van der Waals surface area contributed by atoms with Crippen LogP contribution in [0.4, 0.5) is 10.5 Å². The van der Waals surface area contributed by atoms with Gasteiger partial charge in [-0.3, -0.25) is 14.9 Å². The highest BCUT2D eigenvalue weighted by Crippen LogP contribution is 2.37. The summed E-state index contributed by atoms with van der Waals surface area (Å²) >= 11 is 6.36. The van der Waals surface area contributed by atoms with Crippen molar-refractivity contribution >= 4 is 41.2 Å². The number of amides is 4. The van der Waals surface area contributed by atoms with Crippen LogP contribution in [-0.2, 0) is 16.2 Å². The lowest BCUT2D eigenvalue weighted by molar-refractivity contribution is -0.122. The zero-order valence-electron chi connectivity index (χ0n) is 20.4. The minimum atomic E-state index is -0.860. The molecule has 4 amide bonds. The van der Waals surface area contributed by atoms with E-state index in [4.69, 9.17) is 32.2 Å². The van der Waals surface area contributed by atoms with Gasteiger partial charge in [0, 0.05) is 0 Å². The van der Waals surface area contributed by atoms with Gasteiger partial charge in [0.25, 0.3) is 11.8 Å². The second kappa shape index (κ2) is 12.0. The molecule has 0 unspecified atom stereocenters. The summed E-state index contributed by atoms with van der Waals surface area (Å²) in [5, 5.41) is 2.38. The van der Waals surface area contributed by atoms with Gasteiger partial charge in [0.05, 0.1) is 17.3 Å². The smallest absolute Gasteiger partial charge is 0.335 e. The van der Waals surface area contributed by atoms with E-state index in [0.29, 0.717) is 30.3 Å². The lowest BCUT2D eigenvalue weighted by Gasteiger charge is -2.26. The number of urea groups is 1. The SMILES string of the molecule is C#CCOc1c(Cl)cc(/C=C2\C(=O)NC(=O)N(c3ccc(OCc4ccccc4)cc3)C2=O)cc1OCC. The summed E-state index contributed by atoms with van der Waals surface area (Å²) in [7, 11) is 0. The molecule has 38 heavy (non-hydrogen) atoms. The molecule has 0 aliphatic carbocycles. The zero-order valence-corrected chi connectivity index (χ0v) is 21.2. The third kappa shape index (κ3) is 5.97. The molecule has 0 spiro atoms. The van der Waals surface area contributed by atoms with Crippen molar-refractivity contribution in [2.75, 3.05) is 18.1 Å². The normalized spacial score (nSPS) is 14.2. The van der Waals surface area contributed by atoms with E-state index in [-0.39, 0.29) is 28.6 Å². The molecule has 3 aromatic carbocycles. The van der Waals surface area contributed by atoms with E-state index in [2.05, 4.69) is 11.2 Å². The number of nitrogens with zero attached hydrogens (tertiary/aromatic N) is 1. The molecule has 1 aliphatic heterocycles. The van der Waals surface area contributed by atoms with Crippen molar-refractivity contribution in [3.05, 3.63) is 88.5 Å². The Morgan fingerprint density at radius 2 is 1.74 bits per heavy atom. The van der Waals surface area contributed by atoms with Crippen molar-refractivity contribution in [1.82, 2.24) is 5.32 Å². The van der Waals surface area contributed by atoms with Crippen LogP contribution in [0, 0.1) is 12.3 Å². The maximum absolute atomic E-state index is 13.3. The van der Waals surface area contributed by atoms with Crippen LogP contribution in [-0.4, -0.2) is 31.1 Å². The Hall–Kier alpha value is -4.74. The fraction of sp³-hybridized carbons (Fsp3) is 0.138. The highest BCUT2D eigenvalue weighted by Gasteiger charge is 2.37. The lowest BCUT2D eigenvalue weighted by Crippen LogP contribution is -2.54. The van der Waals surface area contributed by atoms with E-state index >= 15 is 0 Å². The summed E-state index contributed by atoms with van der Waals surface area (Å²) in [4.78, 5) is 39.3. The fourth-order valence-electron chi connectivity index (χ4n) is 3.68. The van der Waals surface area contributed by atoms with Crippen molar-refractivity contribution in [2.24, 2.45) is 0 Å². The molecule has 0 saturated carbocycles. The highest BCUT2D eigenvalue weighted by molar-refractivity contribution is 6.39. The first-order valence-corrected chi connectivity index (χ1v) is 12.0. The van der Waals surface area contributed by atoms with Gasteiger partial charge in [0.15, 0.2) is 11.5 Å². The lowest BCUT2D eigenvalue weighted by atomic mass is 10.1. The molecule has 0 atom stereocenters. The van der Waals surface area contributed by atoms with E-state index in [1.165, 1.54) is 12.1 Å². The second-order valence-corrected chi connectivity index (χ2v) is 8.39. The molecule has 1 aliphatic rings. The topological polar surface area (TPSA) is 94.2 Å². The Bertz CT molecular complexity index is 1430. The molecular formula is C29H23ClN2O6. The number of hydrogen-bond donors (Lipinski definition) is 1. The van der Waals surface area contributed by atoms with Gasteiger partial charge in [-0.2, -0.15) is 0 Å². The number of halogens is 1. The minimum absolute atomic E-state index is 0.0196. The number of terminal acetylenes is 1. The predicted octanol–water partition coefficient (Wildman–Crippen LogP) is 5.00. The molecule has 3 aromatic rings. The van der Waals surface area contributed by atoms with Gasteiger partial charge in [-0.15, -0.1) is 6.42 Å². The Balaban J connectivity index is 1.58. The van der Waals surface area contributed by atoms with E-state index in [1.54, 1.807) is 37.3 Å². The van der Waals surface area contributed by atoms with Gasteiger partial charge in [-0.1, -0.05) is 47.9 Å². The van der Waals surface area contributed by atoms with Crippen LogP contribution in [0.3, 0.4) is 0 Å². The van der Waals surface area contributed by atoms with Crippen LogP contribution in [0.25, 0.3) is 6.08 Å². The Labute approximate surface area is 224 Å². The number of carbonyl (C=O) groups excluding carboxylic acids is 3. The third-order valence-corrected chi connectivity index (χ3v) is 5.67. The number of nitrogens with one attached hydrogen (secondary N) is 1. The van der Waals surface area contributed by atoms with Gasteiger partial charge in [-0.25, -0.2) is 9.69 Å². The standard InChI is InChI=1S/C29H23ClN2O6/c1-3-14-37-26-24(30)16-20(17-25(26)36-4-2)15-23-27(33)31-29(35)32(28(23)34)21-10-12-22(13-11-21)38-18-19-8-6-5-7-9-19/h1,5-13,15-17H,4,14,18H2,2H3,(H,31,33,35)/b23-15+. The number of benzene rings is 3. The van der Waals surface area contributed by atoms with Gasteiger partial charge in [0.1, 0.15) is 24.5 Å². The van der Waals surface area contributed by atoms with Crippen molar-refractivity contribution < 1.29 is 28.6 Å². The van der Waals surface area contributed by atoms with Gasteiger partial charge < -0.3 is 14.2 Å². The number of barbiturate groups is 1. The number of ether oxygens (including phenoxy) is 3. The van der Waals surface area contributed by atoms with E-state index in [1.807, 2.05) is 30.3 Å². The number of anilines is 1. The molecule has 0 aromatic heterocycles. The summed E-state index contributed by atoms with van der Waals surface area (Å²) < 4.78 is 16.8. The molecule has 4 rings (SSSR count). The maximum Gasteiger partial charge on any atom is 0.335 e. The monoisotopic (exact) mass is 530 g/mol. The molecule has 1 N–H and O–H groups in total. The van der Waals surface area contributed by atoms with E-state index in [9.17, 15) is 14.4 Å². The van der Waals surface area contributed by atoms with E-state index in [0.717, 1.165) is 10.5 Å². The average molecular weight is 531 g/mol. The first-order valence-electron chi connectivity index (χ1n) is 11.6. The van der Waals surface area contributed by atoms with Crippen LogP contribution < -0.4 is 24.4 Å². The second-order valence-electron chi connectivity index (χ2n) is 7.98. The third-order valence-electron chi connectivity index (χ3n) is 5.39. The molecule has 8 nitrogen and oxygen atoms in total. The van der Waals surface area contributed by atoms with Crippen LogP contribution >= 0.6 is 11.6 Å². The number of carbonyl (C=O) groups is 3. The fourth-order valence-corrected chi connectivity index (χ4v) is 3.95. The molecule has 1 heterocycles. The Morgan fingerprint density at radius 1 is 1.00 bits per heavy atom. The first kappa shape index (κ1) is 26.3. The zero-order chi connectivity index (χ0) is 27.1. The van der Waals surface area contributed by atoms with Crippen LogP contribution in [0.2, 0.25) is 5.02 Å². The number of imide groups is 2. The molecule has 0 radical (unpaired) electrons. The summed E-state index contributed by atoms with van der Waals surface area (Å²) in [6, 6.07) is 18.3. The van der Waals surface area contributed by atoms with Gasteiger partial charge in [-0.05, 0) is 60.5 Å². The summed E-state index contributed by atoms with van der Waals surface area (Å²) in [5.41, 5.74) is 1.40. The largest absolute Gasteiger partial charge is 0.490 e. The molecule has 1 fully saturated rings. The van der Waals surface area contributed by atoms with Crippen LogP contribution in [0.5, 0.6) is 17.2 Å². The van der Waals surface area contributed by atoms with Crippen molar-refractivity contribution in [2.45, 2.75) is 13.5 Å². The van der Waals surface area contributed by atoms with E-state index < -0.39 is 17.8 Å². The number of hydrogen-bond acceptors (Lipinski definition) is 6. The predicted molar refractivity (Wildman–Crippen MR) is 143 cm³/mol. The Kier molecular flexibility index (Phi) is 8.31. The van der Waals surface area contributed by atoms with Crippen LogP contribution in [0.1, 0.15) is 18.1 Å². The summed E-state index contributed by atoms with van der Waals surface area (Å²) in [5.74, 6) is 1.83.